The third-order valence-electron chi connectivity index (χ3n) is 2.56. The molecule has 0 bridgehead atoms. The fourth-order valence-corrected chi connectivity index (χ4v) is 1.76. The van der Waals surface area contributed by atoms with Crippen LogP contribution in [0.5, 0.6) is 0 Å². The number of ether oxygens (including phenoxy) is 1. The van der Waals surface area contributed by atoms with Gasteiger partial charge in [-0.1, -0.05) is 17.9 Å². The Bertz CT molecular complexity index is 400. The van der Waals surface area contributed by atoms with Crippen molar-refractivity contribution in [3.05, 3.63) is 29.8 Å². The molecule has 1 aromatic carbocycles. The molecule has 0 aromatic heterocycles. The lowest BCUT2D eigenvalue weighted by Crippen LogP contribution is -2.36. The fraction of sp³-hybridized carbons (Fsp3) is 0.385. The summed E-state index contributed by atoms with van der Waals surface area (Å²) in [7, 11) is 0. The highest BCUT2D eigenvalue weighted by molar-refractivity contribution is 5.52. The SMILES string of the molecule is NCC#Cc1cccc(N2CCOCC2)c1. The first kappa shape index (κ1) is 11.0. The Kier molecular flexibility index (Phi) is 3.81. The fourth-order valence-electron chi connectivity index (χ4n) is 1.76. The molecular formula is C13H16N2O. The number of hydrogen-bond acceptors (Lipinski definition) is 3. The van der Waals surface area contributed by atoms with E-state index in [1.54, 1.807) is 0 Å². The molecule has 16 heavy (non-hydrogen) atoms. The van der Waals surface area contributed by atoms with Gasteiger partial charge < -0.3 is 15.4 Å². The Morgan fingerprint density at radius 2 is 2.12 bits per heavy atom. The number of benzene rings is 1. The quantitative estimate of drug-likeness (QED) is 0.707. The third kappa shape index (κ3) is 2.75. The van der Waals surface area contributed by atoms with Crippen molar-refractivity contribution < 1.29 is 4.74 Å². The van der Waals surface area contributed by atoms with E-state index in [1.165, 1.54) is 5.69 Å². The Balaban J connectivity index is 2.14. The molecule has 2 N–H and O–H groups in total. The van der Waals surface area contributed by atoms with Crippen molar-refractivity contribution in [1.82, 2.24) is 0 Å². The van der Waals surface area contributed by atoms with Crippen LogP contribution in [0.15, 0.2) is 24.3 Å². The highest BCUT2D eigenvalue weighted by Crippen LogP contribution is 2.16. The smallest absolute Gasteiger partial charge is 0.0642 e. The van der Waals surface area contributed by atoms with E-state index < -0.39 is 0 Å². The second-order valence-corrected chi connectivity index (χ2v) is 3.66. The van der Waals surface area contributed by atoms with Crippen LogP contribution in [0.2, 0.25) is 0 Å². The highest BCUT2D eigenvalue weighted by atomic mass is 16.5. The van der Waals surface area contributed by atoms with Gasteiger partial charge in [-0.25, -0.2) is 0 Å². The summed E-state index contributed by atoms with van der Waals surface area (Å²) in [6.45, 7) is 3.92. The molecule has 0 saturated carbocycles. The van der Waals surface area contributed by atoms with Crippen molar-refractivity contribution in [1.29, 1.82) is 0 Å². The summed E-state index contributed by atoms with van der Waals surface area (Å²) in [6.07, 6.45) is 0. The molecule has 3 nitrogen and oxygen atoms in total. The molecule has 0 amide bonds. The summed E-state index contributed by atoms with van der Waals surface area (Å²) in [4.78, 5) is 2.32. The van der Waals surface area contributed by atoms with Gasteiger partial charge in [0.2, 0.25) is 0 Å². The first-order chi connectivity index (χ1) is 7.90. The van der Waals surface area contributed by atoms with Gasteiger partial charge in [-0.15, -0.1) is 0 Å². The van der Waals surface area contributed by atoms with Crippen LogP contribution >= 0.6 is 0 Å². The zero-order valence-electron chi connectivity index (χ0n) is 9.28. The minimum absolute atomic E-state index is 0.405. The molecule has 0 aliphatic carbocycles. The lowest BCUT2D eigenvalue weighted by molar-refractivity contribution is 0.122. The van der Waals surface area contributed by atoms with E-state index in [1.807, 2.05) is 12.1 Å². The van der Waals surface area contributed by atoms with Gasteiger partial charge in [0.1, 0.15) is 0 Å². The first-order valence-corrected chi connectivity index (χ1v) is 5.52. The van der Waals surface area contributed by atoms with Crippen LogP contribution in [0.25, 0.3) is 0 Å². The Hall–Kier alpha value is -1.50. The van der Waals surface area contributed by atoms with E-state index in [9.17, 15) is 0 Å². The Labute approximate surface area is 96.2 Å². The van der Waals surface area contributed by atoms with Gasteiger partial charge in [0, 0.05) is 24.3 Å². The molecule has 1 saturated heterocycles. The van der Waals surface area contributed by atoms with Crippen LogP contribution in [0.4, 0.5) is 5.69 Å². The molecule has 1 aliphatic heterocycles. The first-order valence-electron chi connectivity index (χ1n) is 5.52. The summed E-state index contributed by atoms with van der Waals surface area (Å²) in [5, 5.41) is 0. The van der Waals surface area contributed by atoms with Crippen molar-refractivity contribution in [2.24, 2.45) is 5.73 Å². The molecule has 0 spiro atoms. The van der Waals surface area contributed by atoms with Crippen LogP contribution in [0.1, 0.15) is 5.56 Å². The molecule has 0 atom stereocenters. The van der Waals surface area contributed by atoms with Crippen molar-refractivity contribution in [3.8, 4) is 11.8 Å². The van der Waals surface area contributed by atoms with E-state index in [0.29, 0.717) is 6.54 Å². The molecule has 1 aromatic rings. The molecule has 0 unspecified atom stereocenters. The number of morpholine rings is 1. The predicted molar refractivity (Wildman–Crippen MR) is 65.4 cm³/mol. The summed E-state index contributed by atoms with van der Waals surface area (Å²) in [5.41, 5.74) is 7.59. The summed E-state index contributed by atoms with van der Waals surface area (Å²) in [5.74, 6) is 5.92. The monoisotopic (exact) mass is 216 g/mol. The lowest BCUT2D eigenvalue weighted by Gasteiger charge is -2.28. The average Bonchev–Trinajstić information content (AvgIpc) is 2.38. The normalized spacial score (nSPS) is 15.4. The highest BCUT2D eigenvalue weighted by Gasteiger charge is 2.10. The molecular weight excluding hydrogens is 200 g/mol. The van der Waals surface area contributed by atoms with Crippen LogP contribution in [0, 0.1) is 11.8 Å². The average molecular weight is 216 g/mol. The van der Waals surface area contributed by atoms with E-state index in [2.05, 4.69) is 28.9 Å². The second-order valence-electron chi connectivity index (χ2n) is 3.66. The largest absolute Gasteiger partial charge is 0.378 e. The maximum absolute atomic E-state index is 5.36. The molecule has 84 valence electrons. The topological polar surface area (TPSA) is 38.5 Å². The predicted octanol–water partition coefficient (Wildman–Crippen LogP) is 0.833. The Morgan fingerprint density at radius 1 is 1.31 bits per heavy atom. The maximum atomic E-state index is 5.36. The van der Waals surface area contributed by atoms with Gasteiger partial charge >= 0.3 is 0 Å². The van der Waals surface area contributed by atoms with E-state index >= 15 is 0 Å². The summed E-state index contributed by atoms with van der Waals surface area (Å²) >= 11 is 0. The van der Waals surface area contributed by atoms with E-state index in [-0.39, 0.29) is 0 Å². The summed E-state index contributed by atoms with van der Waals surface area (Å²) < 4.78 is 5.33. The van der Waals surface area contributed by atoms with E-state index in [0.717, 1.165) is 31.9 Å². The summed E-state index contributed by atoms with van der Waals surface area (Å²) in [6, 6.07) is 8.25. The van der Waals surface area contributed by atoms with Crippen molar-refractivity contribution in [2.45, 2.75) is 0 Å². The number of hydrogen-bond donors (Lipinski definition) is 1. The number of nitrogens with two attached hydrogens (primary N) is 1. The molecule has 2 rings (SSSR count). The van der Waals surface area contributed by atoms with Gasteiger partial charge in [-0.2, -0.15) is 0 Å². The maximum Gasteiger partial charge on any atom is 0.0642 e. The lowest BCUT2D eigenvalue weighted by atomic mass is 10.2. The zero-order valence-corrected chi connectivity index (χ0v) is 9.28. The molecule has 1 fully saturated rings. The van der Waals surface area contributed by atoms with Gasteiger partial charge in [-0.05, 0) is 18.2 Å². The van der Waals surface area contributed by atoms with Crippen LogP contribution in [0.3, 0.4) is 0 Å². The number of nitrogens with zero attached hydrogens (tertiary/aromatic N) is 1. The van der Waals surface area contributed by atoms with Gasteiger partial charge in [0.05, 0.1) is 19.8 Å². The van der Waals surface area contributed by atoms with E-state index in [4.69, 9.17) is 10.5 Å². The zero-order chi connectivity index (χ0) is 11.2. The van der Waals surface area contributed by atoms with Crippen molar-refractivity contribution in [3.63, 3.8) is 0 Å². The van der Waals surface area contributed by atoms with Crippen molar-refractivity contribution >= 4 is 5.69 Å². The molecule has 3 heteroatoms. The number of rotatable bonds is 1. The second kappa shape index (κ2) is 5.55. The third-order valence-corrected chi connectivity index (χ3v) is 2.56. The number of anilines is 1. The minimum atomic E-state index is 0.405. The molecule has 1 heterocycles. The molecule has 1 aliphatic rings. The van der Waals surface area contributed by atoms with Gasteiger partial charge in [0.15, 0.2) is 0 Å². The Morgan fingerprint density at radius 3 is 2.88 bits per heavy atom. The van der Waals surface area contributed by atoms with Crippen LogP contribution in [-0.4, -0.2) is 32.8 Å². The van der Waals surface area contributed by atoms with Crippen LogP contribution in [-0.2, 0) is 4.74 Å². The minimum Gasteiger partial charge on any atom is -0.378 e. The van der Waals surface area contributed by atoms with Gasteiger partial charge in [0.25, 0.3) is 0 Å². The van der Waals surface area contributed by atoms with Crippen molar-refractivity contribution in [2.75, 3.05) is 37.7 Å². The van der Waals surface area contributed by atoms with Crippen LogP contribution < -0.4 is 10.6 Å². The van der Waals surface area contributed by atoms with Gasteiger partial charge in [-0.3, -0.25) is 0 Å². The molecule has 0 radical (unpaired) electrons. The standard InChI is InChI=1S/C13H16N2O/c14-6-2-4-12-3-1-5-13(11-12)15-7-9-16-10-8-15/h1,3,5,11H,6-10,14H2.